The van der Waals surface area contributed by atoms with Crippen LogP contribution in [-0.2, 0) is 22.6 Å². The maximum atomic E-state index is 13.0. The van der Waals surface area contributed by atoms with Gasteiger partial charge in [0.25, 0.3) is 0 Å². The van der Waals surface area contributed by atoms with Gasteiger partial charge in [-0.25, -0.2) is 5.48 Å². The van der Waals surface area contributed by atoms with Crippen LogP contribution in [0.15, 0.2) is 54.6 Å². The van der Waals surface area contributed by atoms with E-state index in [0.29, 0.717) is 19.4 Å². The highest BCUT2D eigenvalue weighted by Gasteiger charge is 2.73. The third-order valence-electron chi connectivity index (χ3n) is 6.76. The summed E-state index contributed by atoms with van der Waals surface area (Å²) in [6.07, 6.45) is 0.790. The van der Waals surface area contributed by atoms with Crippen molar-refractivity contribution in [3.05, 3.63) is 71.4 Å². The van der Waals surface area contributed by atoms with Gasteiger partial charge in [-0.3, -0.25) is 19.8 Å². The minimum absolute atomic E-state index is 0.117. The molecule has 1 heterocycles. The molecule has 0 aliphatic heterocycles. The number of hydroxylamine groups is 1. The zero-order valence-electron chi connectivity index (χ0n) is 19.4. The molecule has 1 aliphatic carbocycles. The molecule has 7 nitrogen and oxygen atoms in total. The molecule has 4 rings (SSSR count). The molecule has 1 aromatic heterocycles. The fourth-order valence-electron chi connectivity index (χ4n) is 4.78. The second-order valence-corrected chi connectivity index (χ2v) is 9.28. The Morgan fingerprint density at radius 3 is 2.52 bits per heavy atom. The van der Waals surface area contributed by atoms with E-state index in [9.17, 15) is 9.59 Å². The molecule has 1 unspecified atom stereocenters. The van der Waals surface area contributed by atoms with Gasteiger partial charge >= 0.3 is 0 Å². The number of carbonyl (C=O) groups is 2. The van der Waals surface area contributed by atoms with Crippen LogP contribution in [0.4, 0.5) is 0 Å². The monoisotopic (exact) mass is 447 g/mol. The molecule has 7 heteroatoms. The van der Waals surface area contributed by atoms with E-state index >= 15 is 0 Å². The highest BCUT2D eigenvalue weighted by Crippen LogP contribution is 2.66. The van der Waals surface area contributed by atoms with Crippen molar-refractivity contribution >= 4 is 22.7 Å². The van der Waals surface area contributed by atoms with Crippen molar-refractivity contribution in [3.8, 4) is 5.75 Å². The lowest BCUT2D eigenvalue weighted by atomic mass is 9.86. The van der Waals surface area contributed by atoms with Crippen LogP contribution < -0.4 is 10.2 Å². The van der Waals surface area contributed by atoms with Gasteiger partial charge in [-0.05, 0) is 56.5 Å². The Morgan fingerprint density at radius 2 is 1.85 bits per heavy atom. The van der Waals surface area contributed by atoms with E-state index < -0.39 is 16.7 Å². The van der Waals surface area contributed by atoms with Gasteiger partial charge in [0, 0.05) is 30.7 Å². The van der Waals surface area contributed by atoms with Gasteiger partial charge in [-0.2, -0.15) is 0 Å². The van der Waals surface area contributed by atoms with Gasteiger partial charge in [-0.1, -0.05) is 30.3 Å². The Morgan fingerprint density at radius 1 is 1.15 bits per heavy atom. The van der Waals surface area contributed by atoms with E-state index in [-0.39, 0.29) is 5.91 Å². The van der Waals surface area contributed by atoms with E-state index in [0.717, 1.165) is 33.5 Å². The Hall–Kier alpha value is -3.45. The minimum atomic E-state index is -0.946. The van der Waals surface area contributed by atoms with Crippen molar-refractivity contribution in [3.63, 3.8) is 0 Å². The molecular weight excluding hydrogens is 418 g/mol. The maximum absolute atomic E-state index is 13.0. The lowest BCUT2D eigenvalue weighted by Crippen LogP contribution is -2.40. The number of nitrogens with one attached hydrogen (secondary N) is 1. The predicted molar refractivity (Wildman–Crippen MR) is 125 cm³/mol. The highest BCUT2D eigenvalue weighted by atomic mass is 16.5. The van der Waals surface area contributed by atoms with E-state index in [1.165, 1.54) is 4.90 Å². The number of para-hydroxylation sites is 1. The number of aryl methyl sites for hydroxylation is 1. The van der Waals surface area contributed by atoms with Gasteiger partial charge in [0.15, 0.2) is 0 Å². The standard InChI is InChI=1S/C26H29N3O4/c1-17-13-19(21-7-5-6-8-22(21)27-17)15-33-20-11-9-18(10-12-20)14-26(24(31)29(3)4)16-25(26,2)23(30)28-32/h5-13,32H,14-16H2,1-4H3,(H,28,30)/t25?,26-/m1/s1. The van der Waals surface area contributed by atoms with Crippen LogP contribution in [0.2, 0.25) is 0 Å². The first-order chi connectivity index (χ1) is 15.7. The van der Waals surface area contributed by atoms with Crippen molar-refractivity contribution in [2.75, 3.05) is 14.1 Å². The summed E-state index contributed by atoms with van der Waals surface area (Å²) in [5, 5.41) is 10.2. The molecule has 0 spiro atoms. The lowest BCUT2D eigenvalue weighted by Gasteiger charge is -2.24. The molecule has 1 saturated carbocycles. The molecule has 2 atom stereocenters. The zero-order chi connectivity index (χ0) is 23.8. The Kier molecular flexibility index (Phi) is 5.84. The second kappa shape index (κ2) is 8.48. The van der Waals surface area contributed by atoms with Gasteiger partial charge in [0.1, 0.15) is 12.4 Å². The minimum Gasteiger partial charge on any atom is -0.489 e. The number of carbonyl (C=O) groups excluding carboxylic acids is 2. The van der Waals surface area contributed by atoms with Crippen molar-refractivity contribution < 1.29 is 19.5 Å². The fraction of sp³-hybridized carbons (Fsp3) is 0.346. The van der Waals surface area contributed by atoms with Crippen LogP contribution in [0.25, 0.3) is 10.9 Å². The van der Waals surface area contributed by atoms with Crippen LogP contribution in [0.5, 0.6) is 5.75 Å². The molecule has 33 heavy (non-hydrogen) atoms. The summed E-state index contributed by atoms with van der Waals surface area (Å²) in [6, 6.07) is 17.6. The Bertz CT molecular complexity index is 1210. The van der Waals surface area contributed by atoms with Gasteiger partial charge in [0.2, 0.25) is 11.8 Å². The second-order valence-electron chi connectivity index (χ2n) is 9.28. The predicted octanol–water partition coefficient (Wildman–Crippen LogP) is 3.65. The summed E-state index contributed by atoms with van der Waals surface area (Å²) < 4.78 is 6.04. The normalized spacial score (nSPS) is 21.5. The number of rotatable bonds is 7. The average Bonchev–Trinajstić information content (AvgIpc) is 3.42. The molecule has 2 aromatic carbocycles. The largest absolute Gasteiger partial charge is 0.489 e. The van der Waals surface area contributed by atoms with Crippen LogP contribution in [0, 0.1) is 17.8 Å². The number of nitrogens with zero attached hydrogens (tertiary/aromatic N) is 2. The number of amides is 2. The van der Waals surface area contributed by atoms with Gasteiger partial charge in [0.05, 0.1) is 16.3 Å². The van der Waals surface area contributed by atoms with Crippen LogP contribution in [0.1, 0.15) is 30.2 Å². The van der Waals surface area contributed by atoms with E-state index in [4.69, 9.17) is 9.94 Å². The number of benzene rings is 2. The molecule has 3 aromatic rings. The molecule has 0 saturated heterocycles. The molecule has 1 fully saturated rings. The first kappa shape index (κ1) is 22.7. The quantitative estimate of drug-likeness (QED) is 0.426. The molecule has 1 aliphatic rings. The van der Waals surface area contributed by atoms with Crippen LogP contribution in [0.3, 0.4) is 0 Å². The van der Waals surface area contributed by atoms with Crippen molar-refractivity contribution in [2.24, 2.45) is 10.8 Å². The third-order valence-corrected chi connectivity index (χ3v) is 6.76. The molecule has 0 radical (unpaired) electrons. The van der Waals surface area contributed by atoms with Crippen LogP contribution >= 0.6 is 0 Å². The molecule has 2 amide bonds. The number of hydrogen-bond acceptors (Lipinski definition) is 5. The van der Waals surface area contributed by atoms with Gasteiger partial charge < -0.3 is 9.64 Å². The first-order valence-electron chi connectivity index (χ1n) is 10.9. The maximum Gasteiger partial charge on any atom is 0.250 e. The van der Waals surface area contributed by atoms with E-state index in [1.807, 2.05) is 61.5 Å². The van der Waals surface area contributed by atoms with Gasteiger partial charge in [-0.15, -0.1) is 0 Å². The average molecular weight is 448 g/mol. The van der Waals surface area contributed by atoms with Crippen molar-refractivity contribution in [1.29, 1.82) is 0 Å². The molecular formula is C26H29N3O4. The number of hydrogen-bond donors (Lipinski definition) is 2. The molecule has 172 valence electrons. The lowest BCUT2D eigenvalue weighted by molar-refractivity contribution is -0.143. The first-order valence-corrected chi connectivity index (χ1v) is 10.9. The van der Waals surface area contributed by atoms with E-state index in [1.54, 1.807) is 26.5 Å². The SMILES string of the molecule is Cc1cc(COc2ccc(C[C@]3(C(=O)N(C)C)CC3(C)C(=O)NO)cc2)c2ccccc2n1. The third kappa shape index (κ3) is 4.04. The summed E-state index contributed by atoms with van der Waals surface area (Å²) in [5.74, 6) is 0.0725. The Labute approximate surface area is 193 Å². The summed E-state index contributed by atoms with van der Waals surface area (Å²) in [5.41, 5.74) is 3.79. The molecule has 0 bridgehead atoms. The number of fused-ring (bicyclic) bond motifs is 1. The van der Waals surface area contributed by atoms with Crippen molar-refractivity contribution in [1.82, 2.24) is 15.4 Å². The number of aromatic nitrogens is 1. The number of pyridine rings is 1. The summed E-state index contributed by atoms with van der Waals surface area (Å²) >= 11 is 0. The number of ether oxygens (including phenoxy) is 1. The summed E-state index contributed by atoms with van der Waals surface area (Å²) in [6.45, 7) is 4.11. The Balaban J connectivity index is 1.50. The smallest absolute Gasteiger partial charge is 0.250 e. The van der Waals surface area contributed by atoms with Crippen molar-refractivity contribution in [2.45, 2.75) is 33.3 Å². The highest BCUT2D eigenvalue weighted by molar-refractivity contribution is 5.98. The van der Waals surface area contributed by atoms with E-state index in [2.05, 4.69) is 4.98 Å². The molecule has 2 N–H and O–H groups in total. The van der Waals surface area contributed by atoms with Crippen LogP contribution in [-0.4, -0.2) is 41.0 Å². The summed E-state index contributed by atoms with van der Waals surface area (Å²) in [4.78, 5) is 31.3. The fourth-order valence-corrected chi connectivity index (χ4v) is 4.78. The topological polar surface area (TPSA) is 91.8 Å². The zero-order valence-corrected chi connectivity index (χ0v) is 19.4. The summed E-state index contributed by atoms with van der Waals surface area (Å²) in [7, 11) is 3.36.